The van der Waals surface area contributed by atoms with Crippen LogP contribution < -0.4 is 0 Å². The Morgan fingerprint density at radius 1 is 1.44 bits per heavy atom. The summed E-state index contributed by atoms with van der Waals surface area (Å²) < 4.78 is 0.855. The second kappa shape index (κ2) is 5.46. The smallest absolute Gasteiger partial charge is 0.139 e. The molecule has 0 N–H and O–H groups in total. The molecule has 1 aromatic rings. The summed E-state index contributed by atoms with van der Waals surface area (Å²) in [6, 6.07) is 10.7. The number of rotatable bonds is 4. The second-order valence-corrected chi connectivity index (χ2v) is 5.39. The molecule has 1 unspecified atom stereocenters. The van der Waals surface area contributed by atoms with E-state index in [-0.39, 0.29) is 0 Å². The largest absolute Gasteiger partial charge is 0.346 e. The number of thioether (sulfide) groups is 1. The Kier molecular flexibility index (Phi) is 3.96. The molecule has 0 saturated carbocycles. The maximum Gasteiger partial charge on any atom is 0.139 e. The molecule has 84 valence electrons. The summed E-state index contributed by atoms with van der Waals surface area (Å²) in [5.74, 6) is 0.988. The van der Waals surface area contributed by atoms with Gasteiger partial charge in [0.1, 0.15) is 10.6 Å². The molecule has 1 atom stereocenters. The molecule has 4 heteroatoms. The van der Waals surface area contributed by atoms with Gasteiger partial charge < -0.3 is 9.69 Å². The predicted molar refractivity (Wildman–Crippen MR) is 71.8 cm³/mol. The van der Waals surface area contributed by atoms with E-state index >= 15 is 0 Å². The van der Waals surface area contributed by atoms with Crippen molar-refractivity contribution in [1.82, 2.24) is 4.90 Å². The second-order valence-electron chi connectivity index (χ2n) is 3.74. The minimum absolute atomic E-state index is 0.366. The number of hydrogen-bond donors (Lipinski definition) is 0. The zero-order valence-corrected chi connectivity index (χ0v) is 10.5. The first-order valence-electron chi connectivity index (χ1n) is 5.22. The fourth-order valence-electron chi connectivity index (χ4n) is 1.85. The normalized spacial score (nSPS) is 20.1. The molecule has 1 aliphatic heterocycles. The van der Waals surface area contributed by atoms with Crippen molar-refractivity contribution >= 4 is 34.6 Å². The van der Waals surface area contributed by atoms with Gasteiger partial charge in [-0.25, -0.2) is 0 Å². The molecule has 0 radical (unpaired) electrons. The van der Waals surface area contributed by atoms with Crippen LogP contribution in [-0.4, -0.2) is 33.8 Å². The summed E-state index contributed by atoms with van der Waals surface area (Å²) in [5.41, 5.74) is 1.30. The van der Waals surface area contributed by atoms with Crippen LogP contribution >= 0.6 is 24.0 Å². The van der Waals surface area contributed by atoms with Gasteiger partial charge in [-0.3, -0.25) is 0 Å². The molecular formula is C12H13NOS2. The van der Waals surface area contributed by atoms with E-state index in [1.54, 1.807) is 11.8 Å². The van der Waals surface area contributed by atoms with E-state index in [0.717, 1.165) is 22.8 Å². The Balaban J connectivity index is 2.04. The van der Waals surface area contributed by atoms with E-state index in [4.69, 9.17) is 12.2 Å². The predicted octanol–water partition coefficient (Wildman–Crippen LogP) is 2.13. The van der Waals surface area contributed by atoms with Crippen molar-refractivity contribution in [3.63, 3.8) is 0 Å². The van der Waals surface area contributed by atoms with Crippen LogP contribution in [0.15, 0.2) is 30.3 Å². The van der Waals surface area contributed by atoms with Crippen LogP contribution in [0.5, 0.6) is 0 Å². The number of carbonyl (C=O) groups excluding carboxylic acids is 1. The van der Waals surface area contributed by atoms with Crippen molar-refractivity contribution < 1.29 is 4.79 Å². The summed E-state index contributed by atoms with van der Waals surface area (Å²) in [7, 11) is 0. The lowest BCUT2D eigenvalue weighted by Gasteiger charge is -2.23. The number of hydrogen-bond acceptors (Lipinski definition) is 3. The van der Waals surface area contributed by atoms with E-state index in [2.05, 4.69) is 12.1 Å². The first-order valence-corrected chi connectivity index (χ1v) is 6.61. The molecule has 1 heterocycles. The van der Waals surface area contributed by atoms with Crippen molar-refractivity contribution in [3.05, 3.63) is 35.9 Å². The van der Waals surface area contributed by atoms with Gasteiger partial charge in [-0.1, -0.05) is 54.3 Å². The van der Waals surface area contributed by atoms with E-state index < -0.39 is 0 Å². The quantitative estimate of drug-likeness (QED) is 0.603. The highest BCUT2D eigenvalue weighted by Gasteiger charge is 2.28. The summed E-state index contributed by atoms with van der Waals surface area (Å²) in [6.07, 6.45) is 1.89. The van der Waals surface area contributed by atoms with Crippen LogP contribution in [0.4, 0.5) is 0 Å². The van der Waals surface area contributed by atoms with Gasteiger partial charge in [-0.05, 0) is 12.0 Å². The zero-order chi connectivity index (χ0) is 11.4. The van der Waals surface area contributed by atoms with Crippen LogP contribution in [-0.2, 0) is 11.2 Å². The Labute approximate surface area is 105 Å². The van der Waals surface area contributed by atoms with Crippen LogP contribution in [0.2, 0.25) is 0 Å². The SMILES string of the molecule is O=CCN1C(=S)SCC1Cc1ccccc1. The third kappa shape index (κ3) is 2.62. The van der Waals surface area contributed by atoms with Gasteiger partial charge in [-0.2, -0.15) is 0 Å². The van der Waals surface area contributed by atoms with Gasteiger partial charge in [0, 0.05) is 11.8 Å². The van der Waals surface area contributed by atoms with E-state index in [1.165, 1.54) is 5.56 Å². The molecule has 0 bridgehead atoms. The average molecular weight is 251 g/mol. The Bertz CT molecular complexity index is 380. The maximum atomic E-state index is 10.6. The number of carbonyl (C=O) groups is 1. The molecule has 0 amide bonds. The lowest BCUT2D eigenvalue weighted by atomic mass is 10.1. The number of nitrogens with zero attached hydrogens (tertiary/aromatic N) is 1. The fraction of sp³-hybridized carbons (Fsp3) is 0.333. The third-order valence-electron chi connectivity index (χ3n) is 2.66. The molecule has 0 aliphatic carbocycles. The van der Waals surface area contributed by atoms with Gasteiger partial charge in [0.15, 0.2) is 0 Å². The number of aldehydes is 1. The molecule has 1 aromatic carbocycles. The lowest BCUT2D eigenvalue weighted by molar-refractivity contribution is -0.108. The van der Waals surface area contributed by atoms with Gasteiger partial charge in [-0.15, -0.1) is 0 Å². The van der Waals surface area contributed by atoms with Crippen molar-refractivity contribution in [3.8, 4) is 0 Å². The van der Waals surface area contributed by atoms with Crippen molar-refractivity contribution in [1.29, 1.82) is 0 Å². The Morgan fingerprint density at radius 2 is 2.19 bits per heavy atom. The first kappa shape index (κ1) is 11.6. The minimum atomic E-state index is 0.366. The Hall–Kier alpha value is -0.870. The highest BCUT2D eigenvalue weighted by molar-refractivity contribution is 8.23. The topological polar surface area (TPSA) is 20.3 Å². The summed E-state index contributed by atoms with van der Waals surface area (Å²) in [4.78, 5) is 12.6. The van der Waals surface area contributed by atoms with Crippen LogP contribution in [0, 0.1) is 0 Å². The van der Waals surface area contributed by atoms with Crippen molar-refractivity contribution in [2.45, 2.75) is 12.5 Å². The van der Waals surface area contributed by atoms with Gasteiger partial charge in [0.2, 0.25) is 0 Å². The molecule has 2 nitrogen and oxygen atoms in total. The standard InChI is InChI=1S/C12H13NOS2/c14-7-6-13-11(9-16-12(13)15)8-10-4-2-1-3-5-10/h1-5,7,11H,6,8-9H2. The molecule has 1 aliphatic rings. The molecule has 1 fully saturated rings. The van der Waals surface area contributed by atoms with Crippen LogP contribution in [0.25, 0.3) is 0 Å². The highest BCUT2D eigenvalue weighted by Crippen LogP contribution is 2.25. The monoisotopic (exact) mass is 251 g/mol. The first-order chi connectivity index (χ1) is 7.81. The molecule has 0 spiro atoms. The molecule has 2 rings (SSSR count). The van der Waals surface area contributed by atoms with Crippen molar-refractivity contribution in [2.75, 3.05) is 12.3 Å². The summed E-state index contributed by atoms with van der Waals surface area (Å²) >= 11 is 6.90. The molecular weight excluding hydrogens is 238 g/mol. The summed E-state index contributed by atoms with van der Waals surface area (Å²) in [5, 5.41) is 0. The molecule has 1 saturated heterocycles. The fourth-order valence-corrected chi connectivity index (χ4v) is 3.30. The van der Waals surface area contributed by atoms with E-state index in [1.807, 2.05) is 23.1 Å². The van der Waals surface area contributed by atoms with Gasteiger partial charge >= 0.3 is 0 Å². The maximum absolute atomic E-state index is 10.6. The molecule has 0 aromatic heterocycles. The van der Waals surface area contributed by atoms with Crippen molar-refractivity contribution in [2.24, 2.45) is 0 Å². The van der Waals surface area contributed by atoms with Crippen LogP contribution in [0.1, 0.15) is 5.56 Å². The molecule has 16 heavy (non-hydrogen) atoms. The van der Waals surface area contributed by atoms with Gasteiger partial charge in [0.05, 0.1) is 6.54 Å². The van der Waals surface area contributed by atoms with Gasteiger partial charge in [0.25, 0.3) is 0 Å². The lowest BCUT2D eigenvalue weighted by Crippen LogP contribution is -2.36. The summed E-state index contributed by atoms with van der Waals surface area (Å²) in [6.45, 7) is 0.420. The van der Waals surface area contributed by atoms with Crippen LogP contribution in [0.3, 0.4) is 0 Å². The number of thiocarbonyl (C=S) groups is 1. The Morgan fingerprint density at radius 3 is 2.88 bits per heavy atom. The average Bonchev–Trinajstić information content (AvgIpc) is 2.64. The van der Waals surface area contributed by atoms with E-state index in [0.29, 0.717) is 12.6 Å². The highest BCUT2D eigenvalue weighted by atomic mass is 32.2. The zero-order valence-electron chi connectivity index (χ0n) is 8.83. The number of benzene rings is 1. The van der Waals surface area contributed by atoms with E-state index in [9.17, 15) is 4.79 Å². The third-order valence-corrected chi connectivity index (χ3v) is 4.28. The minimum Gasteiger partial charge on any atom is -0.346 e.